The molecule has 10 heteroatoms. The summed E-state index contributed by atoms with van der Waals surface area (Å²) < 4.78 is 25.4. The number of phosphoric acid groups is 1. The number of hydrogen-bond acceptors (Lipinski definition) is 7. The highest BCUT2D eigenvalue weighted by molar-refractivity contribution is 7.47. The molecular weight excluding hydrogens is 341 g/mol. The average Bonchev–Trinajstić information content (AvgIpc) is 2.55. The Morgan fingerprint density at radius 2 is 1.88 bits per heavy atom. The summed E-state index contributed by atoms with van der Waals surface area (Å²) in [5.41, 5.74) is 0. The molecule has 0 radical (unpaired) electrons. The highest BCUT2D eigenvalue weighted by Crippen LogP contribution is 2.42. The molecule has 0 spiro atoms. The van der Waals surface area contributed by atoms with Crippen molar-refractivity contribution in [2.75, 3.05) is 26.4 Å². The van der Waals surface area contributed by atoms with E-state index in [1.54, 1.807) is 6.92 Å². The highest BCUT2D eigenvalue weighted by Gasteiger charge is 2.23. The summed E-state index contributed by atoms with van der Waals surface area (Å²) in [6.45, 7) is 2.66. The van der Waals surface area contributed by atoms with Gasteiger partial charge in [0, 0.05) is 19.4 Å². The topological polar surface area (TPSA) is 131 Å². The fourth-order valence-corrected chi connectivity index (χ4v) is 2.29. The minimum Gasteiger partial charge on any atom is -0.463 e. The van der Waals surface area contributed by atoms with Crippen molar-refractivity contribution in [2.45, 2.75) is 52.1 Å². The van der Waals surface area contributed by atoms with Crippen molar-refractivity contribution in [3.63, 3.8) is 0 Å². The van der Waals surface area contributed by atoms with Crippen LogP contribution in [0, 0.1) is 0 Å². The summed E-state index contributed by atoms with van der Waals surface area (Å²) >= 11 is 0. The molecule has 9 nitrogen and oxygen atoms in total. The van der Waals surface area contributed by atoms with Gasteiger partial charge in [-0.1, -0.05) is 26.7 Å². The minimum absolute atomic E-state index is 0.0789. The number of ether oxygens (including phenoxy) is 1. The van der Waals surface area contributed by atoms with Crippen molar-refractivity contribution < 1.29 is 37.9 Å². The largest absolute Gasteiger partial charge is 0.472 e. The molecule has 0 fully saturated rings. The van der Waals surface area contributed by atoms with Gasteiger partial charge in [0.15, 0.2) is 0 Å². The van der Waals surface area contributed by atoms with Crippen molar-refractivity contribution >= 4 is 19.7 Å². The first-order valence-electron chi connectivity index (χ1n) is 8.03. The van der Waals surface area contributed by atoms with E-state index in [-0.39, 0.29) is 32.1 Å². The van der Waals surface area contributed by atoms with Crippen LogP contribution in [0.1, 0.15) is 46.0 Å². The summed E-state index contributed by atoms with van der Waals surface area (Å²) in [6, 6.07) is 0. The van der Waals surface area contributed by atoms with Crippen LogP contribution >= 0.6 is 7.82 Å². The van der Waals surface area contributed by atoms with Crippen molar-refractivity contribution in [2.24, 2.45) is 0 Å². The first-order valence-corrected chi connectivity index (χ1v) is 9.52. The third kappa shape index (κ3) is 13.4. The molecule has 0 aromatic rings. The van der Waals surface area contributed by atoms with Gasteiger partial charge in [0.05, 0.1) is 13.2 Å². The van der Waals surface area contributed by atoms with Crippen LogP contribution in [0.3, 0.4) is 0 Å². The lowest BCUT2D eigenvalue weighted by atomic mass is 10.2. The summed E-state index contributed by atoms with van der Waals surface area (Å²) in [6.07, 6.45) is 2.13. The summed E-state index contributed by atoms with van der Waals surface area (Å²) in [5.74, 6) is -0.638. The lowest BCUT2D eigenvalue weighted by Crippen LogP contribution is -2.27. The zero-order chi connectivity index (χ0) is 18.4. The van der Waals surface area contributed by atoms with Crippen LogP contribution in [0.2, 0.25) is 0 Å². The van der Waals surface area contributed by atoms with Gasteiger partial charge < -0.3 is 20.1 Å². The van der Waals surface area contributed by atoms with Crippen LogP contribution in [0.4, 0.5) is 0 Å². The zero-order valence-electron chi connectivity index (χ0n) is 14.2. The van der Waals surface area contributed by atoms with Crippen LogP contribution in [0.25, 0.3) is 0 Å². The van der Waals surface area contributed by atoms with Gasteiger partial charge >= 0.3 is 13.8 Å². The van der Waals surface area contributed by atoms with Gasteiger partial charge in [0.25, 0.3) is 0 Å². The second kappa shape index (κ2) is 13.3. The van der Waals surface area contributed by atoms with E-state index in [1.165, 1.54) is 0 Å². The van der Waals surface area contributed by atoms with Gasteiger partial charge in [-0.05, 0) is 6.42 Å². The monoisotopic (exact) mass is 369 g/mol. The van der Waals surface area contributed by atoms with Gasteiger partial charge in [0.1, 0.15) is 12.7 Å². The van der Waals surface area contributed by atoms with Crippen LogP contribution in [-0.4, -0.2) is 54.3 Å². The molecule has 0 aliphatic carbocycles. The number of nitrogens with one attached hydrogen (secondary N) is 1. The number of carbonyl (C=O) groups excluding carboxylic acids is 2. The predicted molar refractivity (Wildman–Crippen MR) is 86.1 cm³/mol. The number of carbonyl (C=O) groups is 2. The molecule has 3 N–H and O–H groups in total. The van der Waals surface area contributed by atoms with Gasteiger partial charge in [-0.2, -0.15) is 0 Å². The highest BCUT2D eigenvalue weighted by atomic mass is 31.2. The molecule has 0 saturated carbocycles. The van der Waals surface area contributed by atoms with E-state index in [0.29, 0.717) is 6.42 Å². The van der Waals surface area contributed by atoms with E-state index in [0.717, 1.165) is 19.3 Å². The van der Waals surface area contributed by atoms with Gasteiger partial charge in [0.2, 0.25) is 5.91 Å². The van der Waals surface area contributed by atoms with E-state index in [1.807, 2.05) is 6.92 Å². The Labute approximate surface area is 142 Å². The Bertz CT molecular complexity index is 418. The number of phosphoric ester groups is 1. The van der Waals surface area contributed by atoms with Gasteiger partial charge in [-0.25, -0.2) is 4.57 Å². The molecule has 0 saturated heterocycles. The third-order valence-electron chi connectivity index (χ3n) is 2.84. The fourth-order valence-electron chi connectivity index (χ4n) is 1.53. The van der Waals surface area contributed by atoms with E-state index in [9.17, 15) is 24.2 Å². The lowest BCUT2D eigenvalue weighted by Gasteiger charge is -2.15. The Morgan fingerprint density at radius 1 is 1.17 bits per heavy atom. The van der Waals surface area contributed by atoms with Crippen molar-refractivity contribution in [1.29, 1.82) is 0 Å². The molecule has 0 aliphatic rings. The number of unbranched alkanes of at least 4 members (excludes halogenated alkanes) is 2. The SMILES string of the molecule is CCCCCC(=O)NCCOP(=O)(O)OCC(O)COC(=O)CC. The third-order valence-corrected chi connectivity index (χ3v) is 3.83. The molecular formula is C14H28NO8P. The molecule has 0 aromatic heterocycles. The second-order valence-corrected chi connectivity index (χ2v) is 6.55. The standard InChI is InChI=1S/C14H28NO8P/c1-3-5-6-7-13(17)15-8-9-22-24(19,20)23-11-12(16)10-21-14(18)4-2/h12,16H,3-11H2,1-2H3,(H,15,17)(H,19,20). The van der Waals surface area contributed by atoms with Crippen LogP contribution in [-0.2, 0) is 27.9 Å². The maximum absolute atomic E-state index is 11.5. The van der Waals surface area contributed by atoms with E-state index < -0.39 is 26.5 Å². The molecule has 24 heavy (non-hydrogen) atoms. The minimum atomic E-state index is -4.34. The van der Waals surface area contributed by atoms with Crippen molar-refractivity contribution in [3.8, 4) is 0 Å². The molecule has 2 atom stereocenters. The Hall–Kier alpha value is -0.990. The number of amides is 1. The summed E-state index contributed by atoms with van der Waals surface area (Å²) in [5, 5.41) is 12.0. The molecule has 142 valence electrons. The summed E-state index contributed by atoms with van der Waals surface area (Å²) in [4.78, 5) is 31.7. The number of hydrogen-bond donors (Lipinski definition) is 3. The maximum Gasteiger partial charge on any atom is 0.472 e. The van der Waals surface area contributed by atoms with Crippen molar-refractivity contribution in [1.82, 2.24) is 5.32 Å². The number of aliphatic hydroxyl groups excluding tert-OH is 1. The molecule has 0 bridgehead atoms. The second-order valence-electron chi connectivity index (χ2n) is 5.09. The molecule has 2 unspecified atom stereocenters. The van der Waals surface area contributed by atoms with Crippen LogP contribution in [0.5, 0.6) is 0 Å². The van der Waals surface area contributed by atoms with E-state index in [4.69, 9.17) is 0 Å². The molecule has 0 aromatic carbocycles. The molecule has 0 aliphatic heterocycles. The molecule has 1 amide bonds. The number of esters is 1. The molecule has 0 rings (SSSR count). The van der Waals surface area contributed by atoms with Crippen molar-refractivity contribution in [3.05, 3.63) is 0 Å². The van der Waals surface area contributed by atoms with Gasteiger partial charge in [-0.3, -0.25) is 18.6 Å². The Morgan fingerprint density at radius 3 is 2.50 bits per heavy atom. The zero-order valence-corrected chi connectivity index (χ0v) is 15.1. The van der Waals surface area contributed by atoms with Crippen LogP contribution < -0.4 is 5.32 Å². The summed E-state index contributed by atoms with van der Waals surface area (Å²) in [7, 11) is -4.34. The van der Waals surface area contributed by atoms with E-state index >= 15 is 0 Å². The lowest BCUT2D eigenvalue weighted by molar-refractivity contribution is -0.146. The number of aliphatic hydroxyl groups is 1. The number of rotatable bonds is 14. The van der Waals surface area contributed by atoms with E-state index in [2.05, 4.69) is 19.1 Å². The maximum atomic E-state index is 11.5. The first-order chi connectivity index (χ1) is 11.3. The quantitative estimate of drug-likeness (QED) is 0.236. The average molecular weight is 369 g/mol. The van der Waals surface area contributed by atoms with Gasteiger partial charge in [-0.15, -0.1) is 0 Å². The Kier molecular flexibility index (Phi) is 12.8. The predicted octanol–water partition coefficient (Wildman–Crippen LogP) is 1.13. The van der Waals surface area contributed by atoms with Crippen LogP contribution in [0.15, 0.2) is 0 Å². The first kappa shape index (κ1) is 23.0. The fraction of sp³-hybridized carbons (Fsp3) is 0.857. The smallest absolute Gasteiger partial charge is 0.463 e. The Balaban J connectivity index is 3.79. The molecule has 0 heterocycles. The normalized spacial score (nSPS) is 14.7.